The third-order valence-corrected chi connectivity index (χ3v) is 3.58. The highest BCUT2D eigenvalue weighted by Gasteiger charge is 2.12. The van der Waals surface area contributed by atoms with Gasteiger partial charge in [0, 0.05) is 18.2 Å². The van der Waals surface area contributed by atoms with Crippen molar-refractivity contribution in [2.24, 2.45) is 4.99 Å². The smallest absolute Gasteiger partial charge is 0.191 e. The normalized spacial score (nSPS) is 15.0. The zero-order chi connectivity index (χ0) is 15.8. The van der Waals surface area contributed by atoms with Crippen LogP contribution in [-0.4, -0.2) is 32.8 Å². The summed E-state index contributed by atoms with van der Waals surface area (Å²) in [5.41, 5.74) is 1.00. The summed E-state index contributed by atoms with van der Waals surface area (Å²) in [6, 6.07) is 6.28. The molecular weight excluding hydrogens is 278 g/mol. The number of hydrogen-bond donors (Lipinski definition) is 2. The van der Waals surface area contributed by atoms with E-state index in [1.807, 2.05) is 18.2 Å². The lowest BCUT2D eigenvalue weighted by atomic mass is 10.2. The lowest BCUT2D eigenvalue weighted by Gasteiger charge is -2.17. The van der Waals surface area contributed by atoms with E-state index in [4.69, 9.17) is 9.47 Å². The van der Waals surface area contributed by atoms with E-state index in [1.54, 1.807) is 14.2 Å². The highest BCUT2D eigenvalue weighted by Crippen LogP contribution is 2.31. The monoisotopic (exact) mass is 303 g/mol. The Balaban J connectivity index is 2.09. The topological polar surface area (TPSA) is 54.9 Å². The fourth-order valence-corrected chi connectivity index (χ4v) is 2.49. The Bertz CT molecular complexity index is 533. The summed E-state index contributed by atoms with van der Waals surface area (Å²) in [4.78, 5) is 4.66. The van der Waals surface area contributed by atoms with E-state index in [9.17, 15) is 0 Å². The molecule has 2 N–H and O–H groups in total. The molecule has 0 spiro atoms. The number of nitrogens with zero attached hydrogens (tertiary/aromatic N) is 1. The van der Waals surface area contributed by atoms with Crippen molar-refractivity contribution in [2.45, 2.75) is 32.4 Å². The Labute approximate surface area is 132 Å². The maximum absolute atomic E-state index is 5.45. The van der Waals surface area contributed by atoms with Crippen LogP contribution in [0.25, 0.3) is 0 Å². The van der Waals surface area contributed by atoms with Crippen LogP contribution in [0.3, 0.4) is 0 Å². The first-order chi connectivity index (χ1) is 10.8. The second-order valence-corrected chi connectivity index (χ2v) is 5.13. The minimum atomic E-state index is 0.435. The Morgan fingerprint density at radius 1 is 1.23 bits per heavy atom. The van der Waals surface area contributed by atoms with Gasteiger partial charge in [0.05, 0.1) is 20.8 Å². The summed E-state index contributed by atoms with van der Waals surface area (Å²) in [6.07, 6.45) is 6.50. The summed E-state index contributed by atoms with van der Waals surface area (Å²) in [5, 5.41) is 6.74. The van der Waals surface area contributed by atoms with Crippen molar-refractivity contribution in [2.75, 3.05) is 20.8 Å². The molecule has 120 valence electrons. The number of benzene rings is 1. The van der Waals surface area contributed by atoms with Gasteiger partial charge in [-0.05, 0) is 25.8 Å². The number of rotatable bonds is 6. The lowest BCUT2D eigenvalue weighted by Crippen LogP contribution is -2.42. The molecule has 0 radical (unpaired) electrons. The molecule has 0 aliphatic heterocycles. The first-order valence-corrected chi connectivity index (χ1v) is 7.68. The average Bonchev–Trinajstić information content (AvgIpc) is 3.05. The van der Waals surface area contributed by atoms with Gasteiger partial charge in [-0.25, -0.2) is 4.99 Å². The second kappa shape index (κ2) is 8.32. The predicted octanol–water partition coefficient (Wildman–Crippen LogP) is 2.48. The van der Waals surface area contributed by atoms with E-state index >= 15 is 0 Å². The first kappa shape index (κ1) is 16.2. The molecule has 0 atom stereocenters. The van der Waals surface area contributed by atoms with Crippen molar-refractivity contribution in [3.8, 4) is 11.5 Å². The molecule has 0 saturated carbocycles. The van der Waals surface area contributed by atoms with Gasteiger partial charge in [-0.2, -0.15) is 0 Å². The predicted molar refractivity (Wildman–Crippen MR) is 89.7 cm³/mol. The summed E-state index contributed by atoms with van der Waals surface area (Å²) < 4.78 is 10.8. The van der Waals surface area contributed by atoms with Gasteiger partial charge in [-0.1, -0.05) is 24.3 Å². The minimum Gasteiger partial charge on any atom is -0.493 e. The van der Waals surface area contributed by atoms with E-state index in [2.05, 4.69) is 34.7 Å². The number of para-hydroxylation sites is 1. The van der Waals surface area contributed by atoms with Gasteiger partial charge in [0.2, 0.25) is 0 Å². The van der Waals surface area contributed by atoms with Crippen LogP contribution in [0, 0.1) is 0 Å². The van der Waals surface area contributed by atoms with Crippen molar-refractivity contribution >= 4 is 5.96 Å². The van der Waals surface area contributed by atoms with Gasteiger partial charge in [-0.3, -0.25) is 0 Å². The molecule has 0 saturated heterocycles. The number of guanidine groups is 1. The Morgan fingerprint density at radius 2 is 2.00 bits per heavy atom. The molecule has 1 aliphatic rings. The van der Waals surface area contributed by atoms with Gasteiger partial charge in [-0.15, -0.1) is 0 Å². The quantitative estimate of drug-likeness (QED) is 0.481. The zero-order valence-corrected chi connectivity index (χ0v) is 13.6. The van der Waals surface area contributed by atoms with Gasteiger partial charge in [0.15, 0.2) is 17.5 Å². The SMILES string of the molecule is CCNC(=NCc1cccc(OC)c1OC)NC1CC=CC1. The number of methoxy groups -OCH3 is 2. The van der Waals surface area contributed by atoms with Crippen molar-refractivity contribution in [1.29, 1.82) is 0 Å². The van der Waals surface area contributed by atoms with Crippen LogP contribution >= 0.6 is 0 Å². The number of hydrogen-bond acceptors (Lipinski definition) is 3. The van der Waals surface area contributed by atoms with E-state index in [1.165, 1.54) is 0 Å². The van der Waals surface area contributed by atoms with Crippen LogP contribution in [0.15, 0.2) is 35.3 Å². The van der Waals surface area contributed by atoms with Crippen molar-refractivity contribution in [3.63, 3.8) is 0 Å². The first-order valence-electron chi connectivity index (χ1n) is 7.68. The molecule has 5 nitrogen and oxygen atoms in total. The molecule has 0 bridgehead atoms. The van der Waals surface area contributed by atoms with E-state index in [0.717, 1.165) is 42.4 Å². The number of nitrogens with one attached hydrogen (secondary N) is 2. The molecule has 0 aromatic heterocycles. The van der Waals surface area contributed by atoms with Crippen LogP contribution in [0.5, 0.6) is 11.5 Å². The number of ether oxygens (including phenoxy) is 2. The third kappa shape index (κ3) is 4.16. The molecule has 5 heteroatoms. The molecule has 1 aromatic carbocycles. The van der Waals surface area contributed by atoms with Gasteiger partial charge >= 0.3 is 0 Å². The van der Waals surface area contributed by atoms with Gasteiger partial charge in [0.1, 0.15) is 0 Å². The van der Waals surface area contributed by atoms with E-state index in [0.29, 0.717) is 12.6 Å². The molecular formula is C17H25N3O2. The molecule has 1 aromatic rings. The summed E-state index contributed by atoms with van der Waals surface area (Å²) in [5.74, 6) is 2.31. The summed E-state index contributed by atoms with van der Waals surface area (Å²) in [7, 11) is 3.29. The maximum atomic E-state index is 5.45. The lowest BCUT2D eigenvalue weighted by molar-refractivity contribution is 0.352. The number of aliphatic imine (C=N–C) groups is 1. The molecule has 1 aliphatic carbocycles. The fourth-order valence-electron chi connectivity index (χ4n) is 2.49. The highest BCUT2D eigenvalue weighted by molar-refractivity contribution is 5.80. The molecule has 0 amide bonds. The molecule has 2 rings (SSSR count). The maximum Gasteiger partial charge on any atom is 0.191 e. The van der Waals surface area contributed by atoms with Crippen LogP contribution in [0.2, 0.25) is 0 Å². The molecule has 22 heavy (non-hydrogen) atoms. The average molecular weight is 303 g/mol. The summed E-state index contributed by atoms with van der Waals surface area (Å²) in [6.45, 7) is 3.44. The van der Waals surface area contributed by atoms with Crippen molar-refractivity contribution in [1.82, 2.24) is 10.6 Å². The molecule has 0 unspecified atom stereocenters. The van der Waals surface area contributed by atoms with Gasteiger partial charge < -0.3 is 20.1 Å². The Morgan fingerprint density at radius 3 is 2.64 bits per heavy atom. The van der Waals surface area contributed by atoms with E-state index in [-0.39, 0.29) is 0 Å². The van der Waals surface area contributed by atoms with Crippen molar-refractivity contribution < 1.29 is 9.47 Å². The van der Waals surface area contributed by atoms with Crippen molar-refractivity contribution in [3.05, 3.63) is 35.9 Å². The van der Waals surface area contributed by atoms with Crippen LogP contribution < -0.4 is 20.1 Å². The standard InChI is InChI=1S/C17H25N3O2/c1-4-18-17(20-14-9-5-6-10-14)19-12-13-8-7-11-15(21-2)16(13)22-3/h5-8,11,14H,4,9-10,12H2,1-3H3,(H2,18,19,20). The Kier molecular flexibility index (Phi) is 6.13. The third-order valence-electron chi connectivity index (χ3n) is 3.58. The minimum absolute atomic E-state index is 0.435. The second-order valence-electron chi connectivity index (χ2n) is 5.13. The fraction of sp³-hybridized carbons (Fsp3) is 0.471. The zero-order valence-electron chi connectivity index (χ0n) is 13.6. The van der Waals surface area contributed by atoms with E-state index < -0.39 is 0 Å². The Hall–Kier alpha value is -2.17. The molecule has 0 fully saturated rings. The molecule has 0 heterocycles. The van der Waals surface area contributed by atoms with Crippen LogP contribution in [-0.2, 0) is 6.54 Å². The highest BCUT2D eigenvalue weighted by atomic mass is 16.5. The largest absolute Gasteiger partial charge is 0.493 e. The van der Waals surface area contributed by atoms with Gasteiger partial charge in [0.25, 0.3) is 0 Å². The van der Waals surface area contributed by atoms with Crippen LogP contribution in [0.1, 0.15) is 25.3 Å². The summed E-state index contributed by atoms with van der Waals surface area (Å²) >= 11 is 0. The van der Waals surface area contributed by atoms with Crippen LogP contribution in [0.4, 0.5) is 0 Å².